The molecule has 1 aliphatic rings. The van der Waals surface area contributed by atoms with Gasteiger partial charge in [0.2, 0.25) is 0 Å². The van der Waals surface area contributed by atoms with E-state index in [2.05, 4.69) is 4.74 Å². The number of nitrogens with one attached hydrogen (secondary N) is 1. The lowest BCUT2D eigenvalue weighted by atomic mass is 10.1. The second kappa shape index (κ2) is 3.56. The molecule has 0 aliphatic carbocycles. The van der Waals surface area contributed by atoms with E-state index >= 15 is 0 Å². The van der Waals surface area contributed by atoms with Gasteiger partial charge in [0.1, 0.15) is 12.2 Å². The van der Waals surface area contributed by atoms with Crippen LogP contribution in [0.4, 0.5) is 0 Å². The number of carbonyl (C=O) groups excluding carboxylic acids is 1. The molecule has 1 rings (SSSR count). The predicted molar refractivity (Wildman–Crippen MR) is 37.8 cm³/mol. The maximum atomic E-state index is 9.98. The van der Waals surface area contributed by atoms with Crippen molar-refractivity contribution in [3.05, 3.63) is 0 Å². The van der Waals surface area contributed by atoms with Gasteiger partial charge in [0.05, 0.1) is 6.61 Å². The molecule has 1 radical (unpaired) electrons. The molecule has 13 heavy (non-hydrogen) atoms. The second-order valence-corrected chi connectivity index (χ2v) is 2.72. The van der Waals surface area contributed by atoms with E-state index in [0.29, 0.717) is 0 Å². The summed E-state index contributed by atoms with van der Waals surface area (Å²) in [6.07, 6.45) is -3.62. The SMILES string of the molecule is O=[C]N[C@]1(CO)OC(O)[C@H](O)[C@@H]1O. The zero-order valence-electron chi connectivity index (χ0n) is 6.54. The van der Waals surface area contributed by atoms with Crippen molar-refractivity contribution in [2.45, 2.75) is 24.2 Å². The predicted octanol–water partition coefficient (Wildman–Crippen LogP) is -3.60. The normalized spacial score (nSPS) is 44.8. The lowest BCUT2D eigenvalue weighted by Gasteiger charge is -2.27. The largest absolute Gasteiger partial charge is 0.391 e. The highest BCUT2D eigenvalue weighted by molar-refractivity contribution is 5.49. The van der Waals surface area contributed by atoms with E-state index in [1.54, 1.807) is 0 Å². The first kappa shape index (κ1) is 10.4. The molecule has 0 spiro atoms. The molecule has 0 bridgehead atoms. The summed E-state index contributed by atoms with van der Waals surface area (Å²) >= 11 is 0. The summed E-state index contributed by atoms with van der Waals surface area (Å²) in [6, 6.07) is 0. The average Bonchev–Trinajstić information content (AvgIpc) is 2.32. The number of hydrogen-bond donors (Lipinski definition) is 5. The van der Waals surface area contributed by atoms with Gasteiger partial charge in [-0.25, -0.2) is 0 Å². The van der Waals surface area contributed by atoms with E-state index in [4.69, 9.17) is 15.3 Å². The smallest absolute Gasteiger partial charge is 0.311 e. The number of aliphatic hydroxyl groups excluding tert-OH is 4. The molecular weight excluding hydrogens is 182 g/mol. The van der Waals surface area contributed by atoms with E-state index in [1.165, 1.54) is 6.41 Å². The molecule has 1 aliphatic heterocycles. The fourth-order valence-electron chi connectivity index (χ4n) is 1.15. The number of ether oxygens (including phenoxy) is 1. The van der Waals surface area contributed by atoms with Gasteiger partial charge >= 0.3 is 6.41 Å². The topological polar surface area (TPSA) is 119 Å². The van der Waals surface area contributed by atoms with E-state index in [-0.39, 0.29) is 0 Å². The van der Waals surface area contributed by atoms with Crippen LogP contribution in [0, 0.1) is 0 Å². The Morgan fingerprint density at radius 1 is 1.46 bits per heavy atom. The van der Waals surface area contributed by atoms with Crippen molar-refractivity contribution >= 4 is 6.41 Å². The van der Waals surface area contributed by atoms with Gasteiger partial charge in [-0.05, 0) is 0 Å². The Morgan fingerprint density at radius 3 is 2.38 bits per heavy atom. The fraction of sp³-hybridized carbons (Fsp3) is 0.833. The van der Waals surface area contributed by atoms with Crippen molar-refractivity contribution in [1.82, 2.24) is 5.32 Å². The molecule has 75 valence electrons. The Hall–Kier alpha value is -0.730. The third kappa shape index (κ3) is 1.52. The summed E-state index contributed by atoms with van der Waals surface area (Å²) in [5.74, 6) is 0. The highest BCUT2D eigenvalue weighted by atomic mass is 16.7. The van der Waals surface area contributed by atoms with Crippen molar-refractivity contribution in [3.63, 3.8) is 0 Å². The highest BCUT2D eigenvalue weighted by Crippen LogP contribution is 2.27. The summed E-state index contributed by atoms with van der Waals surface area (Å²) in [7, 11) is 0. The maximum Gasteiger partial charge on any atom is 0.311 e. The van der Waals surface area contributed by atoms with Crippen LogP contribution in [-0.2, 0) is 9.53 Å². The molecule has 7 nitrogen and oxygen atoms in total. The molecule has 0 aromatic carbocycles. The Labute approximate surface area is 73.6 Å². The van der Waals surface area contributed by atoms with Crippen LogP contribution in [0.15, 0.2) is 0 Å². The van der Waals surface area contributed by atoms with Crippen LogP contribution in [0.3, 0.4) is 0 Å². The van der Waals surface area contributed by atoms with Crippen LogP contribution < -0.4 is 5.32 Å². The van der Waals surface area contributed by atoms with Gasteiger partial charge in [-0.1, -0.05) is 0 Å². The molecule has 0 aromatic heterocycles. The van der Waals surface area contributed by atoms with Gasteiger partial charge in [-0.15, -0.1) is 0 Å². The van der Waals surface area contributed by atoms with Gasteiger partial charge in [-0.2, -0.15) is 0 Å². The van der Waals surface area contributed by atoms with Crippen LogP contribution in [0.2, 0.25) is 0 Å². The fourth-order valence-corrected chi connectivity index (χ4v) is 1.15. The second-order valence-electron chi connectivity index (χ2n) is 2.72. The van der Waals surface area contributed by atoms with Crippen molar-refractivity contribution in [2.75, 3.05) is 6.61 Å². The van der Waals surface area contributed by atoms with Crippen LogP contribution >= 0.6 is 0 Å². The van der Waals surface area contributed by atoms with Gasteiger partial charge < -0.3 is 30.5 Å². The van der Waals surface area contributed by atoms with Gasteiger partial charge in [0.15, 0.2) is 12.0 Å². The Morgan fingerprint density at radius 2 is 2.08 bits per heavy atom. The average molecular weight is 192 g/mol. The minimum atomic E-state index is -1.87. The summed E-state index contributed by atoms with van der Waals surface area (Å²) in [6.45, 7) is -0.780. The molecular formula is C6H10NO6. The van der Waals surface area contributed by atoms with E-state index in [1.807, 2.05) is 5.32 Å². The quantitative estimate of drug-likeness (QED) is 0.295. The van der Waals surface area contributed by atoms with Crippen LogP contribution in [0.25, 0.3) is 0 Å². The molecule has 1 unspecified atom stereocenters. The number of aliphatic hydroxyl groups is 4. The minimum Gasteiger partial charge on any atom is -0.391 e. The first-order valence-corrected chi connectivity index (χ1v) is 3.54. The summed E-state index contributed by atoms with van der Waals surface area (Å²) in [5.41, 5.74) is -1.87. The van der Waals surface area contributed by atoms with Crippen molar-refractivity contribution in [1.29, 1.82) is 0 Å². The Kier molecular flexibility index (Phi) is 2.84. The highest BCUT2D eigenvalue weighted by Gasteiger charge is 2.53. The summed E-state index contributed by atoms with van der Waals surface area (Å²) in [4.78, 5) is 9.98. The maximum absolute atomic E-state index is 9.98. The van der Waals surface area contributed by atoms with Crippen molar-refractivity contribution < 1.29 is 30.0 Å². The molecule has 5 N–H and O–H groups in total. The van der Waals surface area contributed by atoms with E-state index < -0.39 is 30.8 Å². The molecule has 4 atom stereocenters. The molecule has 0 saturated carbocycles. The first-order valence-electron chi connectivity index (χ1n) is 3.54. The van der Waals surface area contributed by atoms with E-state index in [0.717, 1.165) is 0 Å². The lowest BCUT2D eigenvalue weighted by molar-refractivity contribution is -0.180. The molecule has 0 aromatic rings. The van der Waals surface area contributed by atoms with Gasteiger partial charge in [0.25, 0.3) is 0 Å². The van der Waals surface area contributed by atoms with E-state index in [9.17, 15) is 9.90 Å². The number of amides is 1. The number of rotatable bonds is 3. The third-order valence-electron chi connectivity index (χ3n) is 1.92. The lowest BCUT2D eigenvalue weighted by Crippen LogP contribution is -2.56. The number of hydrogen-bond acceptors (Lipinski definition) is 6. The van der Waals surface area contributed by atoms with Crippen LogP contribution in [0.5, 0.6) is 0 Å². The standard InChI is InChI=1S/C6H10NO6/c8-1-6(7-2-9)4(11)3(10)5(12)13-6/h3-5,8,10-12H,1H2,(H,7,9)/t3-,4+,5?,6-/m1/s1. The Bertz CT molecular complexity index is 200. The third-order valence-corrected chi connectivity index (χ3v) is 1.92. The first-order chi connectivity index (χ1) is 6.07. The van der Waals surface area contributed by atoms with Gasteiger partial charge in [0, 0.05) is 0 Å². The van der Waals surface area contributed by atoms with Gasteiger partial charge in [-0.3, -0.25) is 4.79 Å². The van der Waals surface area contributed by atoms with Crippen LogP contribution in [-0.4, -0.2) is 57.7 Å². The summed E-state index contributed by atoms with van der Waals surface area (Å²) < 4.78 is 4.59. The van der Waals surface area contributed by atoms with Crippen LogP contribution in [0.1, 0.15) is 0 Å². The molecule has 1 saturated heterocycles. The zero-order chi connectivity index (χ0) is 10.1. The minimum absolute atomic E-state index is 0.780. The van der Waals surface area contributed by atoms with Crippen molar-refractivity contribution in [3.8, 4) is 0 Å². The molecule has 1 amide bonds. The summed E-state index contributed by atoms with van der Waals surface area (Å²) in [5, 5.41) is 38.0. The van der Waals surface area contributed by atoms with Crippen molar-refractivity contribution in [2.24, 2.45) is 0 Å². The monoisotopic (exact) mass is 192 g/mol. The zero-order valence-corrected chi connectivity index (χ0v) is 6.54. The molecule has 1 fully saturated rings. The molecule has 7 heteroatoms. The Balaban J connectivity index is 2.82. The molecule has 1 heterocycles.